The molecule has 0 bridgehead atoms. The van der Waals surface area contributed by atoms with Gasteiger partial charge in [0.2, 0.25) is 0 Å². The zero-order valence-corrected chi connectivity index (χ0v) is 6.47. The number of hydrogen-bond donors (Lipinski definition) is 0. The first-order valence-corrected chi connectivity index (χ1v) is 5.73. The molecular formula is C5H10N2Si. The highest BCUT2D eigenvalue weighted by molar-refractivity contribution is 6.83. The minimum Gasteiger partial charge on any atom is -0.207 e. The fourth-order valence-corrected chi connectivity index (χ4v) is 0. The normalized spacial score (nSPS) is 8.00. The molecule has 0 aromatic carbocycles. The second-order valence-corrected chi connectivity index (χ2v) is 7.09. The number of nitrogens with zero attached hydrogens (tertiary/aromatic N) is 2. The number of nitriles is 2. The zero-order valence-electron chi connectivity index (χ0n) is 5.47. The smallest absolute Gasteiger partial charge is 0.164 e. The van der Waals surface area contributed by atoms with E-state index in [-0.39, 0.29) is 0 Å². The highest BCUT2D eigenvalue weighted by Crippen LogP contribution is 1.94. The van der Waals surface area contributed by atoms with Gasteiger partial charge in [-0.05, 0) is 0 Å². The largest absolute Gasteiger partial charge is 0.207 e. The van der Waals surface area contributed by atoms with Crippen LogP contribution >= 0.6 is 0 Å². The third-order valence-corrected chi connectivity index (χ3v) is 1.01. The second kappa shape index (κ2) is 4.36. The molecule has 44 valence electrons. The summed E-state index contributed by atoms with van der Waals surface area (Å²) in [5, 5.41) is 14.7. The molecule has 0 N–H and O–H groups in total. The van der Waals surface area contributed by atoms with E-state index in [1.807, 2.05) is 19.6 Å². The van der Waals surface area contributed by atoms with E-state index in [0.717, 1.165) is 0 Å². The van der Waals surface area contributed by atoms with Gasteiger partial charge < -0.3 is 0 Å². The van der Waals surface area contributed by atoms with Crippen LogP contribution in [0.25, 0.3) is 0 Å². The van der Waals surface area contributed by atoms with Crippen LogP contribution in [0.1, 0.15) is 0 Å². The monoisotopic (exact) mass is 126 g/mol. The lowest BCUT2D eigenvalue weighted by Gasteiger charge is -1.96. The summed E-state index contributed by atoms with van der Waals surface area (Å²) in [6.07, 6.45) is 0. The van der Waals surface area contributed by atoms with Gasteiger partial charge in [0.05, 0.1) is 0 Å². The fourth-order valence-electron chi connectivity index (χ4n) is 0. The summed E-state index contributed by atoms with van der Waals surface area (Å²) >= 11 is 0. The van der Waals surface area contributed by atoms with Gasteiger partial charge >= 0.3 is 0 Å². The SMILES string of the molecule is C#N.C[Si](C)(C)C#N. The molecule has 0 saturated carbocycles. The van der Waals surface area contributed by atoms with Crippen molar-refractivity contribution in [3.63, 3.8) is 0 Å². The lowest BCUT2D eigenvalue weighted by atomic mass is 11.7. The molecule has 0 heterocycles. The van der Waals surface area contributed by atoms with Crippen molar-refractivity contribution in [2.75, 3.05) is 0 Å². The van der Waals surface area contributed by atoms with Crippen LogP contribution in [0.3, 0.4) is 0 Å². The minimum absolute atomic E-state index is 1.33. The van der Waals surface area contributed by atoms with Crippen LogP contribution in [0.15, 0.2) is 0 Å². The molecule has 0 amide bonds. The average Bonchev–Trinajstić information content (AvgIpc) is 1.71. The molecule has 3 heteroatoms. The standard InChI is InChI=1S/C4H9NSi.CHN/c1-6(2,3)4-5;1-2/h1-3H3;1H. The minimum atomic E-state index is -1.33. The van der Waals surface area contributed by atoms with Crippen LogP contribution in [0.5, 0.6) is 0 Å². The van der Waals surface area contributed by atoms with Gasteiger partial charge in [0.1, 0.15) is 0 Å². The molecule has 0 fully saturated rings. The summed E-state index contributed by atoms with van der Waals surface area (Å²) in [6.45, 7) is 9.56. The van der Waals surface area contributed by atoms with E-state index in [2.05, 4.69) is 12.3 Å². The van der Waals surface area contributed by atoms with E-state index >= 15 is 0 Å². The first-order valence-electron chi connectivity index (χ1n) is 2.23. The van der Waals surface area contributed by atoms with Crippen molar-refractivity contribution in [3.8, 4) is 12.3 Å². The quantitative estimate of drug-likeness (QED) is 0.462. The Morgan fingerprint density at radius 2 is 1.38 bits per heavy atom. The lowest BCUT2D eigenvalue weighted by molar-refractivity contribution is 1.53. The van der Waals surface area contributed by atoms with E-state index in [9.17, 15) is 0 Å². The molecule has 0 aliphatic carbocycles. The maximum absolute atomic E-state index is 8.21. The highest BCUT2D eigenvalue weighted by Gasteiger charge is 2.09. The first-order chi connectivity index (χ1) is 3.56. The molecule has 0 radical (unpaired) electrons. The molecule has 2 nitrogen and oxygen atoms in total. The number of hydrogen-bond acceptors (Lipinski definition) is 2. The molecule has 0 unspecified atom stereocenters. The van der Waals surface area contributed by atoms with Gasteiger partial charge in [-0.15, -0.1) is 0 Å². The Labute approximate surface area is 51.4 Å². The Balaban J connectivity index is 0. The van der Waals surface area contributed by atoms with Crippen molar-refractivity contribution < 1.29 is 0 Å². The van der Waals surface area contributed by atoms with Gasteiger partial charge in [-0.3, -0.25) is 0 Å². The Hall–Kier alpha value is -0.803. The van der Waals surface area contributed by atoms with Gasteiger partial charge in [-0.2, -0.15) is 0 Å². The van der Waals surface area contributed by atoms with E-state index < -0.39 is 8.07 Å². The highest BCUT2D eigenvalue weighted by atomic mass is 28.3. The third kappa shape index (κ3) is 19.0. The molecule has 0 atom stereocenters. The van der Waals surface area contributed by atoms with Crippen LogP contribution in [-0.2, 0) is 0 Å². The van der Waals surface area contributed by atoms with Gasteiger partial charge in [0.15, 0.2) is 8.07 Å². The molecule has 0 aliphatic rings. The molecule has 8 heavy (non-hydrogen) atoms. The van der Waals surface area contributed by atoms with E-state index in [1.54, 1.807) is 0 Å². The Morgan fingerprint density at radius 3 is 1.38 bits per heavy atom. The lowest BCUT2D eigenvalue weighted by Crippen LogP contribution is -2.15. The van der Waals surface area contributed by atoms with Crippen molar-refractivity contribution >= 4 is 8.07 Å². The van der Waals surface area contributed by atoms with Crippen molar-refractivity contribution in [1.29, 1.82) is 10.5 Å². The van der Waals surface area contributed by atoms with E-state index in [4.69, 9.17) is 10.5 Å². The predicted octanol–water partition coefficient (Wildman–Crippen LogP) is 1.53. The van der Waals surface area contributed by atoms with Crippen molar-refractivity contribution in [2.24, 2.45) is 0 Å². The summed E-state index contributed by atoms with van der Waals surface area (Å²) in [5.41, 5.74) is 2.24. The van der Waals surface area contributed by atoms with E-state index in [0.29, 0.717) is 0 Å². The topological polar surface area (TPSA) is 47.6 Å². The average molecular weight is 126 g/mol. The Kier molecular flexibility index (Phi) is 5.57. The van der Waals surface area contributed by atoms with Crippen LogP contribution in [0.4, 0.5) is 0 Å². The summed E-state index contributed by atoms with van der Waals surface area (Å²) in [6, 6.07) is 0. The summed E-state index contributed by atoms with van der Waals surface area (Å²) < 4.78 is 0. The van der Waals surface area contributed by atoms with Crippen molar-refractivity contribution in [1.82, 2.24) is 0 Å². The van der Waals surface area contributed by atoms with E-state index in [1.165, 1.54) is 0 Å². The van der Waals surface area contributed by atoms with Gasteiger partial charge in [-0.1, -0.05) is 19.6 Å². The van der Waals surface area contributed by atoms with Gasteiger partial charge in [0, 0.05) is 12.3 Å². The summed E-state index contributed by atoms with van der Waals surface area (Å²) in [7, 11) is -1.33. The van der Waals surface area contributed by atoms with Crippen molar-refractivity contribution in [3.05, 3.63) is 0 Å². The number of rotatable bonds is 0. The van der Waals surface area contributed by atoms with Gasteiger partial charge in [0.25, 0.3) is 0 Å². The van der Waals surface area contributed by atoms with Crippen LogP contribution in [0.2, 0.25) is 19.6 Å². The molecule has 0 aromatic rings. The fraction of sp³-hybridized carbons (Fsp3) is 0.600. The Morgan fingerprint density at radius 1 is 1.25 bits per heavy atom. The molecule has 0 aliphatic heterocycles. The maximum atomic E-state index is 8.21. The second-order valence-electron chi connectivity index (χ2n) is 2.36. The molecule has 0 rings (SSSR count). The third-order valence-electron chi connectivity index (χ3n) is 0.335. The Bertz CT molecular complexity index is 104. The molecule has 0 aromatic heterocycles. The van der Waals surface area contributed by atoms with Crippen LogP contribution in [0, 0.1) is 22.8 Å². The predicted molar refractivity (Wildman–Crippen MR) is 35.6 cm³/mol. The van der Waals surface area contributed by atoms with Crippen LogP contribution < -0.4 is 0 Å². The van der Waals surface area contributed by atoms with Gasteiger partial charge in [-0.25, -0.2) is 10.5 Å². The molecule has 0 spiro atoms. The molecular weight excluding hydrogens is 116 g/mol. The van der Waals surface area contributed by atoms with Crippen molar-refractivity contribution in [2.45, 2.75) is 19.6 Å². The summed E-state index contributed by atoms with van der Waals surface area (Å²) in [5.74, 6) is 0. The summed E-state index contributed by atoms with van der Waals surface area (Å²) in [4.78, 5) is 0. The first kappa shape index (κ1) is 10.2. The zero-order chi connectivity index (χ0) is 7.21. The van der Waals surface area contributed by atoms with Crippen LogP contribution in [-0.4, -0.2) is 8.07 Å². The molecule has 0 saturated heterocycles. The maximum Gasteiger partial charge on any atom is 0.164 e.